The van der Waals surface area contributed by atoms with Crippen molar-refractivity contribution < 1.29 is 31.5 Å². The molecule has 0 radical (unpaired) electrons. The average Bonchev–Trinajstić information content (AvgIpc) is 3.51. The molecule has 5 rings (SSSR count). The molecular weight excluding hydrogens is 604 g/mol. The monoisotopic (exact) mass is 635 g/mol. The van der Waals surface area contributed by atoms with Crippen LogP contribution in [0.25, 0.3) is 11.8 Å². The Balaban J connectivity index is 1.34. The van der Waals surface area contributed by atoms with E-state index in [1.54, 1.807) is 52.0 Å². The molecule has 45 heavy (non-hydrogen) atoms. The van der Waals surface area contributed by atoms with Crippen molar-refractivity contribution in [3.05, 3.63) is 99.8 Å². The number of hydrogen-bond acceptors (Lipinski definition) is 7. The Morgan fingerprint density at radius 2 is 1.80 bits per heavy atom. The highest BCUT2D eigenvalue weighted by Crippen LogP contribution is 2.34. The summed E-state index contributed by atoms with van der Waals surface area (Å²) < 4.78 is 63.7. The number of nitrogens with one attached hydrogen (secondary N) is 2. The van der Waals surface area contributed by atoms with E-state index in [0.717, 1.165) is 16.3 Å². The highest BCUT2D eigenvalue weighted by molar-refractivity contribution is 7.93. The van der Waals surface area contributed by atoms with Crippen molar-refractivity contribution in [3.8, 4) is 17.2 Å². The van der Waals surface area contributed by atoms with Gasteiger partial charge in [-0.15, -0.1) is 0 Å². The lowest BCUT2D eigenvalue weighted by Gasteiger charge is -2.13. The number of ether oxygens (including phenoxy) is 1. The molecule has 0 unspecified atom stereocenters. The van der Waals surface area contributed by atoms with Crippen molar-refractivity contribution in [2.24, 2.45) is 0 Å². The normalized spacial score (nSPS) is 12.6. The van der Waals surface area contributed by atoms with Crippen LogP contribution in [-0.2, 0) is 21.2 Å². The number of allylic oxidation sites excluding steroid dienone is 1. The first-order valence-electron chi connectivity index (χ1n) is 14.0. The number of hydrogen-bond donors (Lipinski definition) is 3. The molecule has 0 saturated carbocycles. The van der Waals surface area contributed by atoms with E-state index in [4.69, 9.17) is 10.5 Å². The van der Waals surface area contributed by atoms with Crippen LogP contribution in [0.3, 0.4) is 0 Å². The van der Waals surface area contributed by atoms with Crippen molar-refractivity contribution >= 4 is 39.3 Å². The summed E-state index contributed by atoms with van der Waals surface area (Å²) in [5.41, 5.74) is 9.49. The molecule has 1 aliphatic carbocycles. The molecule has 0 fully saturated rings. The third kappa shape index (κ3) is 6.73. The fourth-order valence-electron chi connectivity index (χ4n) is 5.07. The molecule has 1 amide bonds. The van der Waals surface area contributed by atoms with Crippen LogP contribution in [-0.4, -0.2) is 41.7 Å². The smallest absolute Gasteiger partial charge is 0.241 e. The minimum Gasteiger partial charge on any atom is -0.454 e. The van der Waals surface area contributed by atoms with E-state index in [1.807, 2.05) is 0 Å². The number of anilines is 2. The number of amides is 1. The Morgan fingerprint density at radius 1 is 1.07 bits per heavy atom. The number of aromatic nitrogens is 2. The number of fused-ring (bicyclic) bond motifs is 1. The molecule has 0 aliphatic heterocycles. The first-order chi connectivity index (χ1) is 21.2. The molecule has 1 aliphatic rings. The number of benzene rings is 3. The lowest BCUT2D eigenvalue weighted by Crippen LogP contribution is -2.36. The number of sulfonamides is 1. The predicted octanol–water partition coefficient (Wildman–Crippen LogP) is 5.23. The molecule has 0 saturated heterocycles. The third-order valence-corrected chi connectivity index (χ3v) is 8.25. The van der Waals surface area contributed by atoms with Gasteiger partial charge in [-0.2, -0.15) is 5.10 Å². The quantitative estimate of drug-likeness (QED) is 0.202. The van der Waals surface area contributed by atoms with Gasteiger partial charge in [0.05, 0.1) is 17.4 Å². The molecule has 0 bridgehead atoms. The molecule has 3 aromatic carbocycles. The third-order valence-electron chi connectivity index (χ3n) is 7.08. The molecule has 0 atom stereocenters. The van der Waals surface area contributed by atoms with Crippen LogP contribution < -0.4 is 20.5 Å². The number of aryl methyl sites for hydroxylation is 2. The fourth-order valence-corrected chi connectivity index (χ4v) is 6.13. The number of carbonyl (C=O) groups excluding carboxylic acids is 2. The number of rotatable bonds is 10. The molecule has 4 aromatic rings. The average molecular weight is 636 g/mol. The molecule has 10 nitrogen and oxygen atoms in total. The lowest BCUT2D eigenvalue weighted by molar-refractivity contribution is -0.119. The van der Waals surface area contributed by atoms with Crippen LogP contribution in [0.5, 0.6) is 11.5 Å². The van der Waals surface area contributed by atoms with Crippen LogP contribution in [0.15, 0.2) is 60.3 Å². The number of para-hydroxylation sites is 1. The fraction of sp³-hybridized carbons (Fsp3) is 0.219. The summed E-state index contributed by atoms with van der Waals surface area (Å²) in [6.07, 6.45) is 3.14. The van der Waals surface area contributed by atoms with Crippen LogP contribution >= 0.6 is 0 Å². The summed E-state index contributed by atoms with van der Waals surface area (Å²) in [6.45, 7) is 6.79. The number of nitrogen functional groups attached to an aromatic ring is 1. The standard InChI is InChI=1S/C32H31F2N5O5S/c1-17(2)37-29(40)16-45(42,43)38-27-13-21-12-22(11-20(21)9-18(27)3)31(41)24-15-36-39(32(24)35)30-19(4)10-23(14-26(30)34)44-28-8-6-5-7-25(28)33/h5-11,13-15,17,38H,12,16,35H2,1-4H3,(H,37,40). The van der Waals surface area contributed by atoms with Crippen molar-refractivity contribution in [2.75, 3.05) is 16.2 Å². The first kappa shape index (κ1) is 31.4. The summed E-state index contributed by atoms with van der Waals surface area (Å²) in [4.78, 5) is 25.5. The Labute approximate surface area is 258 Å². The van der Waals surface area contributed by atoms with Crippen molar-refractivity contribution in [3.63, 3.8) is 0 Å². The van der Waals surface area contributed by atoms with Gasteiger partial charge in [0, 0.05) is 24.1 Å². The summed E-state index contributed by atoms with van der Waals surface area (Å²) in [6, 6.07) is 11.5. The highest BCUT2D eigenvalue weighted by atomic mass is 32.2. The van der Waals surface area contributed by atoms with Crippen LogP contribution in [0.2, 0.25) is 0 Å². The second kappa shape index (κ2) is 12.2. The number of ketones is 1. The molecule has 1 aromatic heterocycles. The Bertz CT molecular complexity index is 1960. The van der Waals surface area contributed by atoms with Crippen molar-refractivity contribution in [1.82, 2.24) is 15.1 Å². The Hall–Kier alpha value is -5.04. The number of nitrogens with two attached hydrogens (primary N) is 1. The largest absolute Gasteiger partial charge is 0.454 e. The Kier molecular flexibility index (Phi) is 8.48. The minimum atomic E-state index is -3.98. The van der Waals surface area contributed by atoms with E-state index in [-0.39, 0.29) is 41.0 Å². The highest BCUT2D eigenvalue weighted by Gasteiger charge is 2.27. The second-order valence-electron chi connectivity index (χ2n) is 11.1. The summed E-state index contributed by atoms with van der Waals surface area (Å²) in [5.74, 6) is -3.17. The molecule has 234 valence electrons. The zero-order valence-electron chi connectivity index (χ0n) is 24.9. The minimum absolute atomic E-state index is 0.00532. The van der Waals surface area contributed by atoms with Gasteiger partial charge in [0.1, 0.15) is 23.0 Å². The summed E-state index contributed by atoms with van der Waals surface area (Å²) >= 11 is 0. The molecule has 4 N–H and O–H groups in total. The summed E-state index contributed by atoms with van der Waals surface area (Å²) in [7, 11) is -3.98. The van der Waals surface area contributed by atoms with Crippen LogP contribution in [0, 0.1) is 25.5 Å². The molecule has 0 spiro atoms. The maximum Gasteiger partial charge on any atom is 0.241 e. The van der Waals surface area contributed by atoms with Gasteiger partial charge in [-0.1, -0.05) is 12.1 Å². The zero-order valence-corrected chi connectivity index (χ0v) is 25.8. The SMILES string of the molecule is Cc1cc2c(cc1NS(=O)(=O)CC(=O)NC(C)C)CC(C(=O)c1cnn(-c3c(C)cc(Oc4ccccc4F)cc3F)c1N)=C2. The van der Waals surface area contributed by atoms with Crippen molar-refractivity contribution in [1.29, 1.82) is 0 Å². The Morgan fingerprint density at radius 3 is 2.49 bits per heavy atom. The van der Waals surface area contributed by atoms with E-state index in [0.29, 0.717) is 28.0 Å². The van der Waals surface area contributed by atoms with Gasteiger partial charge in [0.2, 0.25) is 15.9 Å². The van der Waals surface area contributed by atoms with Gasteiger partial charge in [0.15, 0.2) is 23.2 Å². The van der Waals surface area contributed by atoms with Gasteiger partial charge in [0.25, 0.3) is 0 Å². The second-order valence-corrected chi connectivity index (χ2v) is 12.8. The zero-order chi connectivity index (χ0) is 32.6. The van der Waals surface area contributed by atoms with E-state index < -0.39 is 39.1 Å². The van der Waals surface area contributed by atoms with E-state index >= 15 is 4.39 Å². The van der Waals surface area contributed by atoms with Gasteiger partial charge in [-0.3, -0.25) is 14.3 Å². The lowest BCUT2D eigenvalue weighted by atomic mass is 10.0. The number of nitrogens with zero attached hydrogens (tertiary/aromatic N) is 2. The van der Waals surface area contributed by atoms with Gasteiger partial charge in [-0.25, -0.2) is 21.9 Å². The topological polar surface area (TPSA) is 145 Å². The molecular formula is C32H31F2N5O5S. The van der Waals surface area contributed by atoms with Crippen LogP contribution in [0.1, 0.15) is 46.5 Å². The van der Waals surface area contributed by atoms with Gasteiger partial charge >= 0.3 is 0 Å². The number of carbonyl (C=O) groups is 2. The maximum atomic E-state index is 15.3. The van der Waals surface area contributed by atoms with Crippen LogP contribution in [0.4, 0.5) is 20.3 Å². The summed E-state index contributed by atoms with van der Waals surface area (Å²) in [5, 5.41) is 6.73. The van der Waals surface area contributed by atoms with E-state index in [9.17, 15) is 22.4 Å². The van der Waals surface area contributed by atoms with E-state index in [1.165, 1.54) is 30.5 Å². The van der Waals surface area contributed by atoms with Crippen molar-refractivity contribution in [2.45, 2.75) is 40.2 Å². The predicted molar refractivity (Wildman–Crippen MR) is 167 cm³/mol. The number of halogens is 2. The van der Waals surface area contributed by atoms with Gasteiger partial charge < -0.3 is 15.8 Å². The molecule has 13 heteroatoms. The number of Topliss-reactive ketones (excluding diaryl/α,β-unsaturated/α-hetero) is 1. The van der Waals surface area contributed by atoms with Gasteiger partial charge in [-0.05, 0) is 86.4 Å². The van der Waals surface area contributed by atoms with E-state index in [2.05, 4.69) is 15.1 Å². The maximum absolute atomic E-state index is 15.3. The first-order valence-corrected chi connectivity index (χ1v) is 15.6. The molecule has 1 heterocycles.